The first-order valence-corrected chi connectivity index (χ1v) is 5.61. The van der Waals surface area contributed by atoms with Gasteiger partial charge < -0.3 is 10.8 Å². The van der Waals surface area contributed by atoms with E-state index in [0.29, 0.717) is 0 Å². The summed E-state index contributed by atoms with van der Waals surface area (Å²) in [6.45, 7) is 0. The Morgan fingerprint density at radius 3 is 2.50 bits per heavy atom. The fourth-order valence-corrected chi connectivity index (χ4v) is 1.61. The fraction of sp³-hybridized carbons (Fsp3) is 0. The minimum atomic E-state index is -0.806. The first-order valence-electron chi connectivity index (χ1n) is 5.61. The van der Waals surface area contributed by atoms with Crippen molar-refractivity contribution in [3.8, 4) is 5.88 Å². The molecule has 7 nitrogen and oxygen atoms in total. The number of aromatic nitrogens is 1. The number of para-hydroxylation sites is 1. The molecule has 0 aliphatic carbocycles. The van der Waals surface area contributed by atoms with Crippen LogP contribution in [0, 0.1) is 0 Å². The number of nitrogens with one attached hydrogen (secondary N) is 2. The molecule has 0 saturated heterocycles. The summed E-state index contributed by atoms with van der Waals surface area (Å²) in [5.74, 6) is -1.96. The number of carbonyl (C=O) groups is 2. The van der Waals surface area contributed by atoms with E-state index in [9.17, 15) is 19.5 Å². The zero-order chi connectivity index (χ0) is 14.7. The summed E-state index contributed by atoms with van der Waals surface area (Å²) in [7, 11) is 0. The highest BCUT2D eigenvalue weighted by atomic mass is 16.3. The molecule has 0 unspecified atom stereocenters. The average molecular weight is 273 g/mol. The van der Waals surface area contributed by atoms with Crippen molar-refractivity contribution >= 4 is 17.5 Å². The molecule has 7 heteroatoms. The number of amides is 2. The maximum absolute atomic E-state index is 11.9. The summed E-state index contributed by atoms with van der Waals surface area (Å²) in [4.78, 5) is 36.9. The molecule has 2 amide bonds. The molecule has 1 aromatic heterocycles. The van der Waals surface area contributed by atoms with Crippen molar-refractivity contribution in [1.29, 1.82) is 0 Å². The van der Waals surface area contributed by atoms with E-state index in [1.165, 1.54) is 12.1 Å². The molecule has 2 rings (SSSR count). The molecule has 0 spiro atoms. The topological polar surface area (TPSA) is 125 Å². The highest BCUT2D eigenvalue weighted by Crippen LogP contribution is 2.10. The quantitative estimate of drug-likeness (QED) is 0.460. The minimum Gasteiger partial charge on any atom is -0.494 e. The van der Waals surface area contributed by atoms with E-state index < -0.39 is 23.3 Å². The first-order chi connectivity index (χ1) is 9.47. The normalized spacial score (nSPS) is 10.0. The van der Waals surface area contributed by atoms with Crippen LogP contribution in [0.4, 0.5) is 5.69 Å². The maximum atomic E-state index is 11.9. The van der Waals surface area contributed by atoms with E-state index in [2.05, 4.69) is 10.3 Å². The summed E-state index contributed by atoms with van der Waals surface area (Å²) in [6, 6.07) is 8.26. The Labute approximate surface area is 113 Å². The van der Waals surface area contributed by atoms with Crippen molar-refractivity contribution in [1.82, 2.24) is 10.3 Å². The Morgan fingerprint density at radius 2 is 1.85 bits per heavy atom. The standard InChI is InChI=1S/C13H11N3O4/c14-9-4-2-1-3-8(9)13(20)16-12(19)7-5-10(17)15-11(18)6-7/h1-6H,14H2,(H2,15,17,18)(H,16,19,20). The van der Waals surface area contributed by atoms with Crippen molar-refractivity contribution in [3.63, 3.8) is 0 Å². The number of aromatic hydroxyl groups is 1. The third-order valence-electron chi connectivity index (χ3n) is 2.52. The van der Waals surface area contributed by atoms with Gasteiger partial charge in [0.2, 0.25) is 0 Å². The molecule has 0 aliphatic heterocycles. The van der Waals surface area contributed by atoms with Gasteiger partial charge in [-0.1, -0.05) is 12.1 Å². The number of hydrogen-bond donors (Lipinski definition) is 4. The molecule has 0 bridgehead atoms. The number of carbonyl (C=O) groups excluding carboxylic acids is 2. The molecule has 0 atom stereocenters. The highest BCUT2D eigenvalue weighted by Gasteiger charge is 2.15. The summed E-state index contributed by atoms with van der Waals surface area (Å²) in [6.07, 6.45) is 0. The smallest absolute Gasteiger partial charge is 0.260 e. The van der Waals surface area contributed by atoms with Gasteiger partial charge in [-0.3, -0.25) is 24.7 Å². The molecule has 5 N–H and O–H groups in total. The number of imide groups is 1. The molecule has 102 valence electrons. The van der Waals surface area contributed by atoms with Gasteiger partial charge in [0.15, 0.2) is 5.88 Å². The predicted molar refractivity (Wildman–Crippen MR) is 71.4 cm³/mol. The Balaban J connectivity index is 2.22. The second-order valence-corrected chi connectivity index (χ2v) is 3.99. The third-order valence-corrected chi connectivity index (χ3v) is 2.52. The number of anilines is 1. The minimum absolute atomic E-state index is 0.130. The van der Waals surface area contributed by atoms with Gasteiger partial charge in [-0.05, 0) is 12.1 Å². The zero-order valence-electron chi connectivity index (χ0n) is 10.2. The molecule has 0 radical (unpaired) electrons. The number of nitrogens with two attached hydrogens (primary N) is 1. The van der Waals surface area contributed by atoms with Crippen molar-refractivity contribution in [2.75, 3.05) is 5.73 Å². The van der Waals surface area contributed by atoms with Crippen LogP contribution in [-0.2, 0) is 0 Å². The van der Waals surface area contributed by atoms with Crippen LogP contribution in [0.3, 0.4) is 0 Å². The SMILES string of the molecule is Nc1ccccc1C(=O)NC(=O)c1cc(O)[nH]c(=O)c1. The lowest BCUT2D eigenvalue weighted by molar-refractivity contribution is 0.0849. The lowest BCUT2D eigenvalue weighted by Crippen LogP contribution is -2.31. The molecule has 0 aliphatic rings. The summed E-state index contributed by atoms with van der Waals surface area (Å²) >= 11 is 0. The van der Waals surface area contributed by atoms with Crippen LogP contribution in [0.15, 0.2) is 41.2 Å². The first kappa shape index (κ1) is 13.3. The van der Waals surface area contributed by atoms with Gasteiger partial charge in [-0.2, -0.15) is 0 Å². The van der Waals surface area contributed by atoms with Crippen molar-refractivity contribution in [3.05, 3.63) is 57.9 Å². The molecule has 1 heterocycles. The number of aromatic amines is 1. The number of rotatable bonds is 2. The van der Waals surface area contributed by atoms with E-state index in [4.69, 9.17) is 5.73 Å². The molecule has 20 heavy (non-hydrogen) atoms. The van der Waals surface area contributed by atoms with E-state index >= 15 is 0 Å². The molecular weight excluding hydrogens is 262 g/mol. The van der Waals surface area contributed by atoms with Crippen LogP contribution < -0.4 is 16.6 Å². The highest BCUT2D eigenvalue weighted by molar-refractivity contribution is 6.12. The molecule has 0 fully saturated rings. The van der Waals surface area contributed by atoms with Gasteiger partial charge in [0, 0.05) is 17.8 Å². The largest absolute Gasteiger partial charge is 0.494 e. The number of benzene rings is 1. The molecular formula is C13H11N3O4. The van der Waals surface area contributed by atoms with Crippen LogP contribution in [0.1, 0.15) is 20.7 Å². The van der Waals surface area contributed by atoms with E-state index in [-0.39, 0.29) is 16.8 Å². The predicted octanol–water partition coefficient (Wildman–Crippen LogP) is 0.233. The Morgan fingerprint density at radius 1 is 1.15 bits per heavy atom. The second-order valence-electron chi connectivity index (χ2n) is 3.99. The van der Waals surface area contributed by atoms with Gasteiger partial charge in [0.1, 0.15) is 0 Å². The van der Waals surface area contributed by atoms with E-state index in [0.717, 1.165) is 12.1 Å². The van der Waals surface area contributed by atoms with Gasteiger partial charge in [-0.25, -0.2) is 0 Å². The average Bonchev–Trinajstić information content (AvgIpc) is 2.37. The second kappa shape index (κ2) is 5.27. The number of hydrogen-bond acceptors (Lipinski definition) is 5. The molecule has 2 aromatic rings. The van der Waals surface area contributed by atoms with Crippen molar-refractivity contribution < 1.29 is 14.7 Å². The van der Waals surface area contributed by atoms with Crippen LogP contribution in [-0.4, -0.2) is 21.9 Å². The van der Waals surface area contributed by atoms with Gasteiger partial charge in [0.05, 0.1) is 11.1 Å². The van der Waals surface area contributed by atoms with Crippen LogP contribution in [0.5, 0.6) is 5.88 Å². The summed E-state index contributed by atoms with van der Waals surface area (Å²) in [5, 5.41) is 11.3. The Bertz CT molecular complexity index is 736. The van der Waals surface area contributed by atoms with Crippen molar-refractivity contribution in [2.45, 2.75) is 0 Å². The number of nitrogen functional groups attached to an aromatic ring is 1. The summed E-state index contributed by atoms with van der Waals surface area (Å²) in [5.41, 5.74) is 5.21. The van der Waals surface area contributed by atoms with E-state index in [1.807, 2.05) is 0 Å². The van der Waals surface area contributed by atoms with Crippen LogP contribution >= 0.6 is 0 Å². The third kappa shape index (κ3) is 2.83. The number of pyridine rings is 1. The van der Waals surface area contributed by atoms with Crippen LogP contribution in [0.2, 0.25) is 0 Å². The maximum Gasteiger partial charge on any atom is 0.260 e. The zero-order valence-corrected chi connectivity index (χ0v) is 10.2. The van der Waals surface area contributed by atoms with Gasteiger partial charge in [0.25, 0.3) is 17.4 Å². The lowest BCUT2D eigenvalue weighted by Gasteiger charge is -2.06. The Kier molecular flexibility index (Phi) is 3.52. The van der Waals surface area contributed by atoms with Gasteiger partial charge in [-0.15, -0.1) is 0 Å². The number of H-pyrrole nitrogens is 1. The van der Waals surface area contributed by atoms with E-state index in [1.54, 1.807) is 12.1 Å². The fourth-order valence-electron chi connectivity index (χ4n) is 1.61. The van der Waals surface area contributed by atoms with Gasteiger partial charge >= 0.3 is 0 Å². The monoisotopic (exact) mass is 273 g/mol. The van der Waals surface area contributed by atoms with Crippen LogP contribution in [0.25, 0.3) is 0 Å². The molecule has 0 saturated carbocycles. The summed E-state index contributed by atoms with van der Waals surface area (Å²) < 4.78 is 0. The Hall–Kier alpha value is -3.09. The lowest BCUT2D eigenvalue weighted by atomic mass is 10.1. The molecule has 1 aromatic carbocycles. The van der Waals surface area contributed by atoms with Crippen molar-refractivity contribution in [2.24, 2.45) is 0 Å².